The molecule has 1 rings (SSSR count). The number of alkyl halides is 2. The first-order valence-electron chi connectivity index (χ1n) is 4.83. The van der Waals surface area contributed by atoms with Crippen molar-refractivity contribution < 1.29 is 13.9 Å². The van der Waals surface area contributed by atoms with Crippen LogP contribution in [0.4, 0.5) is 8.78 Å². The molecule has 15 heavy (non-hydrogen) atoms. The molecular formula is C11H15F2NO. The molecule has 0 heterocycles. The van der Waals surface area contributed by atoms with E-state index in [-0.39, 0.29) is 6.61 Å². The summed E-state index contributed by atoms with van der Waals surface area (Å²) in [6.45, 7) is 1.87. The Balaban J connectivity index is 2.44. The molecule has 0 aromatic heterocycles. The van der Waals surface area contributed by atoms with Gasteiger partial charge in [-0.15, -0.1) is 0 Å². The maximum Gasteiger partial charge on any atom is 0.253 e. The molecule has 0 aliphatic carbocycles. The van der Waals surface area contributed by atoms with Crippen molar-refractivity contribution in [2.24, 2.45) is 0 Å². The molecule has 0 amide bonds. The first kappa shape index (κ1) is 12.1. The molecule has 1 aromatic carbocycles. The van der Waals surface area contributed by atoms with Gasteiger partial charge in [0.05, 0.1) is 12.6 Å². The lowest BCUT2D eigenvalue weighted by atomic mass is 10.1. The van der Waals surface area contributed by atoms with Crippen LogP contribution in [0, 0.1) is 0 Å². The van der Waals surface area contributed by atoms with Gasteiger partial charge in [0.15, 0.2) is 0 Å². The number of nitrogens with one attached hydrogen (secondary N) is 1. The summed E-state index contributed by atoms with van der Waals surface area (Å²) in [6.07, 6.45) is -2.35. The molecule has 2 N–H and O–H groups in total. The Labute approximate surface area is 87.9 Å². The van der Waals surface area contributed by atoms with Crippen molar-refractivity contribution in [3.63, 3.8) is 0 Å². The zero-order chi connectivity index (χ0) is 11.3. The van der Waals surface area contributed by atoms with Crippen LogP contribution in [-0.4, -0.2) is 17.6 Å². The predicted molar refractivity (Wildman–Crippen MR) is 54.7 cm³/mol. The first-order valence-corrected chi connectivity index (χ1v) is 4.83. The molecule has 0 radical (unpaired) electrons. The minimum Gasteiger partial charge on any atom is -0.392 e. The van der Waals surface area contributed by atoms with Crippen molar-refractivity contribution in [2.45, 2.75) is 32.5 Å². The predicted octanol–water partition coefficient (Wildman–Crippen LogP) is 1.92. The quantitative estimate of drug-likeness (QED) is 0.786. The van der Waals surface area contributed by atoms with Crippen molar-refractivity contribution in [1.29, 1.82) is 0 Å². The van der Waals surface area contributed by atoms with Crippen molar-refractivity contribution in [2.75, 3.05) is 0 Å². The maximum atomic E-state index is 12.2. The highest BCUT2D eigenvalue weighted by atomic mass is 19.3. The summed E-state index contributed by atoms with van der Waals surface area (Å²) in [7, 11) is 0. The largest absolute Gasteiger partial charge is 0.392 e. The Morgan fingerprint density at radius 2 is 1.73 bits per heavy atom. The van der Waals surface area contributed by atoms with Gasteiger partial charge in [0.2, 0.25) is 0 Å². The van der Waals surface area contributed by atoms with E-state index in [1.165, 1.54) is 6.92 Å². The average Bonchev–Trinajstić information content (AvgIpc) is 2.26. The van der Waals surface area contributed by atoms with E-state index in [1.807, 2.05) is 12.1 Å². The van der Waals surface area contributed by atoms with E-state index >= 15 is 0 Å². The average molecular weight is 215 g/mol. The lowest BCUT2D eigenvalue weighted by Gasteiger charge is -2.12. The monoisotopic (exact) mass is 215 g/mol. The summed E-state index contributed by atoms with van der Waals surface area (Å²) in [5, 5.41) is 11.5. The molecule has 1 atom stereocenters. The number of aliphatic hydroxyl groups is 1. The van der Waals surface area contributed by atoms with Crippen LogP contribution in [0.1, 0.15) is 18.1 Å². The molecule has 0 saturated heterocycles. The van der Waals surface area contributed by atoms with Gasteiger partial charge < -0.3 is 10.4 Å². The molecule has 0 fully saturated rings. The number of benzene rings is 1. The van der Waals surface area contributed by atoms with Crippen molar-refractivity contribution in [1.82, 2.24) is 5.32 Å². The molecule has 1 unspecified atom stereocenters. The van der Waals surface area contributed by atoms with Crippen LogP contribution in [-0.2, 0) is 13.2 Å². The van der Waals surface area contributed by atoms with E-state index in [1.54, 1.807) is 12.1 Å². The SMILES string of the molecule is CC(NCc1ccc(CO)cc1)C(F)F. The third-order valence-electron chi connectivity index (χ3n) is 2.21. The van der Waals surface area contributed by atoms with Gasteiger partial charge in [-0.3, -0.25) is 0 Å². The highest BCUT2D eigenvalue weighted by Crippen LogP contribution is 2.06. The van der Waals surface area contributed by atoms with E-state index in [4.69, 9.17) is 5.11 Å². The molecular weight excluding hydrogens is 200 g/mol. The fraction of sp³-hybridized carbons (Fsp3) is 0.455. The van der Waals surface area contributed by atoms with E-state index in [0.717, 1.165) is 11.1 Å². The fourth-order valence-electron chi connectivity index (χ4n) is 1.13. The summed E-state index contributed by atoms with van der Waals surface area (Å²) < 4.78 is 24.3. The van der Waals surface area contributed by atoms with Crippen LogP contribution >= 0.6 is 0 Å². The Bertz CT molecular complexity index is 287. The number of hydrogen-bond acceptors (Lipinski definition) is 2. The second-order valence-electron chi connectivity index (χ2n) is 3.48. The van der Waals surface area contributed by atoms with Gasteiger partial charge in [-0.1, -0.05) is 24.3 Å². The third kappa shape index (κ3) is 3.93. The van der Waals surface area contributed by atoms with Gasteiger partial charge in [-0.25, -0.2) is 8.78 Å². The number of halogens is 2. The molecule has 1 aromatic rings. The Morgan fingerprint density at radius 3 is 2.20 bits per heavy atom. The Morgan fingerprint density at radius 1 is 1.20 bits per heavy atom. The van der Waals surface area contributed by atoms with Crippen molar-refractivity contribution >= 4 is 0 Å². The number of hydrogen-bond donors (Lipinski definition) is 2. The summed E-state index contributed by atoms with van der Waals surface area (Å²) in [6, 6.07) is 6.39. The van der Waals surface area contributed by atoms with E-state index in [2.05, 4.69) is 5.32 Å². The van der Waals surface area contributed by atoms with Crippen LogP contribution in [0.25, 0.3) is 0 Å². The zero-order valence-corrected chi connectivity index (χ0v) is 8.58. The smallest absolute Gasteiger partial charge is 0.253 e. The molecule has 0 bridgehead atoms. The zero-order valence-electron chi connectivity index (χ0n) is 8.58. The standard InChI is InChI=1S/C11H15F2NO/c1-8(11(12)13)14-6-9-2-4-10(7-15)5-3-9/h2-5,8,11,14-15H,6-7H2,1H3. The van der Waals surface area contributed by atoms with E-state index in [9.17, 15) is 8.78 Å². The first-order chi connectivity index (χ1) is 7.13. The van der Waals surface area contributed by atoms with Gasteiger partial charge in [-0.05, 0) is 18.1 Å². The molecule has 0 aliphatic heterocycles. The topological polar surface area (TPSA) is 32.3 Å². The number of rotatable bonds is 5. The van der Waals surface area contributed by atoms with Crippen LogP contribution < -0.4 is 5.32 Å². The van der Waals surface area contributed by atoms with Crippen LogP contribution in [0.2, 0.25) is 0 Å². The van der Waals surface area contributed by atoms with Gasteiger partial charge in [0.1, 0.15) is 0 Å². The molecule has 2 nitrogen and oxygen atoms in total. The second kappa shape index (κ2) is 5.78. The molecule has 0 aliphatic rings. The Hall–Kier alpha value is -1.00. The summed E-state index contributed by atoms with van der Waals surface area (Å²) in [5.41, 5.74) is 1.75. The van der Waals surface area contributed by atoms with Gasteiger partial charge in [0.25, 0.3) is 6.43 Å². The van der Waals surface area contributed by atoms with E-state index in [0.29, 0.717) is 6.54 Å². The summed E-state index contributed by atoms with van der Waals surface area (Å²) in [4.78, 5) is 0. The fourth-order valence-corrected chi connectivity index (χ4v) is 1.13. The molecule has 0 saturated carbocycles. The highest BCUT2D eigenvalue weighted by molar-refractivity contribution is 5.21. The van der Waals surface area contributed by atoms with Gasteiger partial charge in [-0.2, -0.15) is 0 Å². The van der Waals surface area contributed by atoms with Gasteiger partial charge in [0, 0.05) is 6.54 Å². The maximum absolute atomic E-state index is 12.2. The molecule has 4 heteroatoms. The molecule has 84 valence electrons. The van der Waals surface area contributed by atoms with Crippen LogP contribution in [0.15, 0.2) is 24.3 Å². The lowest BCUT2D eigenvalue weighted by molar-refractivity contribution is 0.105. The van der Waals surface area contributed by atoms with Crippen molar-refractivity contribution in [3.8, 4) is 0 Å². The Kier molecular flexibility index (Phi) is 4.65. The molecule has 0 spiro atoms. The minimum atomic E-state index is -2.35. The van der Waals surface area contributed by atoms with Crippen molar-refractivity contribution in [3.05, 3.63) is 35.4 Å². The lowest BCUT2D eigenvalue weighted by Crippen LogP contribution is -2.31. The number of aliphatic hydroxyl groups excluding tert-OH is 1. The normalized spacial score (nSPS) is 13.1. The highest BCUT2D eigenvalue weighted by Gasteiger charge is 2.12. The third-order valence-corrected chi connectivity index (χ3v) is 2.21. The van der Waals surface area contributed by atoms with Crippen LogP contribution in [0.3, 0.4) is 0 Å². The summed E-state index contributed by atoms with van der Waals surface area (Å²) >= 11 is 0. The second-order valence-corrected chi connectivity index (χ2v) is 3.48. The van der Waals surface area contributed by atoms with Gasteiger partial charge >= 0.3 is 0 Å². The van der Waals surface area contributed by atoms with Crippen LogP contribution in [0.5, 0.6) is 0 Å². The summed E-state index contributed by atoms with van der Waals surface area (Å²) in [5.74, 6) is 0. The van der Waals surface area contributed by atoms with E-state index < -0.39 is 12.5 Å². The minimum absolute atomic E-state index is 0.00114.